The van der Waals surface area contributed by atoms with Gasteiger partial charge in [-0.25, -0.2) is 4.98 Å². The Morgan fingerprint density at radius 1 is 1.30 bits per heavy atom. The van der Waals surface area contributed by atoms with Crippen molar-refractivity contribution in [1.29, 1.82) is 0 Å². The minimum Gasteiger partial charge on any atom is -0.486 e. The predicted octanol–water partition coefficient (Wildman–Crippen LogP) is 1.74. The Morgan fingerprint density at radius 2 is 2.15 bits per heavy atom. The lowest BCUT2D eigenvalue weighted by atomic mass is 10.2. The Balaban J connectivity index is 1.60. The van der Waals surface area contributed by atoms with E-state index in [1.165, 1.54) is 0 Å². The number of anilines is 1. The zero-order valence-corrected chi connectivity index (χ0v) is 11.1. The predicted molar refractivity (Wildman–Crippen MR) is 73.4 cm³/mol. The largest absolute Gasteiger partial charge is 0.486 e. The van der Waals surface area contributed by atoms with Crippen LogP contribution in [0.5, 0.6) is 17.4 Å². The zero-order chi connectivity index (χ0) is 13.8. The fourth-order valence-electron chi connectivity index (χ4n) is 1.91. The molecule has 104 valence electrons. The molecule has 0 saturated carbocycles. The number of rotatable bonds is 4. The van der Waals surface area contributed by atoms with Gasteiger partial charge in [0.1, 0.15) is 12.7 Å². The second-order valence-electron chi connectivity index (χ2n) is 4.30. The van der Waals surface area contributed by atoms with Gasteiger partial charge in [-0.1, -0.05) is 12.1 Å². The van der Waals surface area contributed by atoms with Gasteiger partial charge in [0.05, 0.1) is 13.7 Å². The summed E-state index contributed by atoms with van der Waals surface area (Å²) in [6.07, 6.45) is 1.56. The zero-order valence-electron chi connectivity index (χ0n) is 11.1. The number of hydrogen-bond donors (Lipinski definition) is 1. The first-order valence-corrected chi connectivity index (χ1v) is 6.34. The van der Waals surface area contributed by atoms with E-state index in [0.29, 0.717) is 25.0 Å². The van der Waals surface area contributed by atoms with Crippen molar-refractivity contribution in [2.45, 2.75) is 6.10 Å². The van der Waals surface area contributed by atoms with Crippen LogP contribution in [0.1, 0.15) is 0 Å². The molecule has 1 aromatic heterocycles. The molecule has 2 heterocycles. The molecular formula is C14H15N3O3. The lowest BCUT2D eigenvalue weighted by Gasteiger charge is -2.26. The van der Waals surface area contributed by atoms with Gasteiger partial charge >= 0.3 is 0 Å². The maximum Gasteiger partial charge on any atom is 0.226 e. The molecule has 0 bridgehead atoms. The first-order chi connectivity index (χ1) is 9.85. The van der Waals surface area contributed by atoms with E-state index in [-0.39, 0.29) is 6.10 Å². The molecule has 0 fully saturated rings. The Kier molecular flexibility index (Phi) is 3.54. The fraction of sp³-hybridized carbons (Fsp3) is 0.286. The molecule has 1 atom stereocenters. The summed E-state index contributed by atoms with van der Waals surface area (Å²) in [4.78, 5) is 8.30. The summed E-state index contributed by atoms with van der Waals surface area (Å²) in [5, 5.41) is 3.11. The molecule has 0 spiro atoms. The van der Waals surface area contributed by atoms with Crippen molar-refractivity contribution in [2.24, 2.45) is 0 Å². The fourth-order valence-corrected chi connectivity index (χ4v) is 1.91. The average molecular weight is 273 g/mol. The van der Waals surface area contributed by atoms with Gasteiger partial charge in [0, 0.05) is 12.3 Å². The molecule has 1 N–H and O–H groups in total. The molecule has 20 heavy (non-hydrogen) atoms. The van der Waals surface area contributed by atoms with Crippen LogP contribution in [0.25, 0.3) is 0 Å². The lowest BCUT2D eigenvalue weighted by Crippen LogP contribution is -2.35. The topological polar surface area (TPSA) is 65.5 Å². The number of ether oxygens (including phenoxy) is 3. The third-order valence-electron chi connectivity index (χ3n) is 2.89. The van der Waals surface area contributed by atoms with Crippen LogP contribution in [0, 0.1) is 0 Å². The van der Waals surface area contributed by atoms with Gasteiger partial charge in [0.2, 0.25) is 11.8 Å². The van der Waals surface area contributed by atoms with Crippen molar-refractivity contribution in [3.63, 3.8) is 0 Å². The molecule has 2 aromatic rings. The van der Waals surface area contributed by atoms with Crippen LogP contribution in [-0.4, -0.2) is 36.3 Å². The number of nitrogens with zero attached hydrogens (tertiary/aromatic N) is 2. The highest BCUT2D eigenvalue weighted by Gasteiger charge is 2.20. The third kappa shape index (κ3) is 2.74. The molecule has 0 radical (unpaired) electrons. The number of benzene rings is 1. The molecule has 1 aliphatic heterocycles. The number of nitrogens with one attached hydrogen (secondary N) is 1. The summed E-state index contributed by atoms with van der Waals surface area (Å²) in [6, 6.07) is 9.32. The van der Waals surface area contributed by atoms with Crippen LogP contribution in [0.4, 0.5) is 5.95 Å². The highest BCUT2D eigenvalue weighted by molar-refractivity contribution is 5.41. The SMILES string of the molecule is COc1ccnc(NC[C@H]2COc3ccccc3O2)n1. The molecule has 6 heteroatoms. The normalized spacial score (nSPS) is 16.6. The number of para-hydroxylation sites is 2. The molecule has 0 aliphatic carbocycles. The maximum absolute atomic E-state index is 5.84. The summed E-state index contributed by atoms with van der Waals surface area (Å²) in [7, 11) is 1.57. The molecule has 0 unspecified atom stereocenters. The van der Waals surface area contributed by atoms with Crippen LogP contribution in [0.15, 0.2) is 36.5 Å². The van der Waals surface area contributed by atoms with Crippen LogP contribution in [-0.2, 0) is 0 Å². The average Bonchev–Trinajstić information content (AvgIpc) is 2.53. The van der Waals surface area contributed by atoms with E-state index in [4.69, 9.17) is 14.2 Å². The van der Waals surface area contributed by atoms with Crippen LogP contribution < -0.4 is 19.5 Å². The van der Waals surface area contributed by atoms with Crippen molar-refractivity contribution in [2.75, 3.05) is 25.6 Å². The van der Waals surface area contributed by atoms with Crippen molar-refractivity contribution >= 4 is 5.95 Å². The number of fused-ring (bicyclic) bond motifs is 1. The molecule has 0 saturated heterocycles. The van der Waals surface area contributed by atoms with E-state index in [1.807, 2.05) is 24.3 Å². The van der Waals surface area contributed by atoms with Crippen molar-refractivity contribution in [1.82, 2.24) is 9.97 Å². The molecule has 6 nitrogen and oxygen atoms in total. The van der Waals surface area contributed by atoms with Gasteiger partial charge in [-0.2, -0.15) is 4.98 Å². The molecular weight excluding hydrogens is 258 g/mol. The maximum atomic E-state index is 5.84. The highest BCUT2D eigenvalue weighted by Crippen LogP contribution is 2.30. The second kappa shape index (κ2) is 5.64. The third-order valence-corrected chi connectivity index (χ3v) is 2.89. The smallest absolute Gasteiger partial charge is 0.226 e. The Labute approximate surface area is 116 Å². The summed E-state index contributed by atoms with van der Waals surface area (Å²) >= 11 is 0. The summed E-state index contributed by atoms with van der Waals surface area (Å²) in [6.45, 7) is 1.05. The minimum atomic E-state index is -0.0836. The van der Waals surface area contributed by atoms with Gasteiger partial charge in [-0.05, 0) is 12.1 Å². The first kappa shape index (κ1) is 12.5. The van der Waals surface area contributed by atoms with Crippen molar-refractivity contribution in [3.05, 3.63) is 36.5 Å². The second-order valence-corrected chi connectivity index (χ2v) is 4.30. The van der Waals surface area contributed by atoms with E-state index in [1.54, 1.807) is 19.4 Å². The van der Waals surface area contributed by atoms with E-state index in [2.05, 4.69) is 15.3 Å². The molecule has 0 amide bonds. The summed E-state index contributed by atoms with van der Waals surface area (Å²) in [5.74, 6) is 2.57. The lowest BCUT2D eigenvalue weighted by molar-refractivity contribution is 0.0996. The van der Waals surface area contributed by atoms with Gasteiger partial charge in [-0.15, -0.1) is 0 Å². The number of methoxy groups -OCH3 is 1. The monoisotopic (exact) mass is 273 g/mol. The van der Waals surface area contributed by atoms with E-state index >= 15 is 0 Å². The Bertz CT molecular complexity index is 591. The Hall–Kier alpha value is -2.50. The molecule has 1 aliphatic rings. The van der Waals surface area contributed by atoms with Crippen LogP contribution in [0.3, 0.4) is 0 Å². The standard InChI is InChI=1S/C14H15N3O3/c1-18-13-6-7-15-14(17-13)16-8-10-9-19-11-4-2-3-5-12(11)20-10/h2-7,10H,8-9H2,1H3,(H,15,16,17)/t10-/m0/s1. The van der Waals surface area contributed by atoms with E-state index in [9.17, 15) is 0 Å². The van der Waals surface area contributed by atoms with Gasteiger partial charge in [-0.3, -0.25) is 0 Å². The van der Waals surface area contributed by atoms with Gasteiger partial charge in [0.25, 0.3) is 0 Å². The van der Waals surface area contributed by atoms with Crippen LogP contribution >= 0.6 is 0 Å². The molecule has 1 aromatic carbocycles. The highest BCUT2D eigenvalue weighted by atomic mass is 16.6. The van der Waals surface area contributed by atoms with Crippen molar-refractivity contribution < 1.29 is 14.2 Å². The number of hydrogen-bond acceptors (Lipinski definition) is 6. The first-order valence-electron chi connectivity index (χ1n) is 6.34. The van der Waals surface area contributed by atoms with Gasteiger partial charge in [0.15, 0.2) is 11.5 Å². The quantitative estimate of drug-likeness (QED) is 0.915. The Morgan fingerprint density at radius 3 is 3.00 bits per heavy atom. The summed E-state index contributed by atoms with van der Waals surface area (Å²) < 4.78 is 16.5. The minimum absolute atomic E-state index is 0.0836. The van der Waals surface area contributed by atoms with Gasteiger partial charge < -0.3 is 19.5 Å². The van der Waals surface area contributed by atoms with E-state index < -0.39 is 0 Å². The summed E-state index contributed by atoms with van der Waals surface area (Å²) in [5.41, 5.74) is 0. The van der Waals surface area contributed by atoms with Crippen LogP contribution in [0.2, 0.25) is 0 Å². The molecule has 3 rings (SSSR count). The number of aromatic nitrogens is 2. The van der Waals surface area contributed by atoms with Crippen molar-refractivity contribution in [3.8, 4) is 17.4 Å². The van der Waals surface area contributed by atoms with E-state index in [0.717, 1.165) is 11.5 Å².